The fourth-order valence-corrected chi connectivity index (χ4v) is 7.40. The molecule has 1 N–H and O–H groups in total. The van der Waals surface area contributed by atoms with Crippen LogP contribution in [0.5, 0.6) is 0 Å². The molecule has 3 aliphatic rings. The highest BCUT2D eigenvalue weighted by molar-refractivity contribution is 7.13. The lowest BCUT2D eigenvalue weighted by atomic mass is 9.98. The van der Waals surface area contributed by atoms with Gasteiger partial charge < -0.3 is 9.80 Å². The van der Waals surface area contributed by atoms with Gasteiger partial charge >= 0.3 is 0 Å². The predicted octanol–water partition coefficient (Wildman–Crippen LogP) is 7.92. The van der Waals surface area contributed by atoms with Gasteiger partial charge in [-0.2, -0.15) is 0 Å². The Hall–Kier alpha value is -3.75. The van der Waals surface area contributed by atoms with Crippen LogP contribution in [0, 0.1) is 0 Å². The van der Waals surface area contributed by atoms with Crippen molar-refractivity contribution in [2.45, 2.75) is 77.3 Å². The molecule has 2 amide bonds. The van der Waals surface area contributed by atoms with E-state index in [2.05, 4.69) is 69.5 Å². The highest BCUT2D eigenvalue weighted by atomic mass is 32.1. The predicted molar refractivity (Wildman–Crippen MR) is 189 cm³/mol. The summed E-state index contributed by atoms with van der Waals surface area (Å²) in [5.74, 6) is -0.342. The summed E-state index contributed by atoms with van der Waals surface area (Å²) < 4.78 is 0. The zero-order valence-corrected chi connectivity index (χ0v) is 27.9. The van der Waals surface area contributed by atoms with Gasteiger partial charge in [-0.1, -0.05) is 87.9 Å². The molecule has 242 valence electrons. The summed E-state index contributed by atoms with van der Waals surface area (Å²) in [5.41, 5.74) is 5.84. The molecule has 1 saturated heterocycles. The van der Waals surface area contributed by atoms with Crippen molar-refractivity contribution in [1.29, 1.82) is 0 Å². The molecular formula is C38H47N5O2S. The number of aromatic nitrogens is 1. The molecule has 0 spiro atoms. The maximum atomic E-state index is 13.9. The number of carbonyl (C=O) groups is 2. The van der Waals surface area contributed by atoms with Gasteiger partial charge in [-0.25, -0.2) is 4.98 Å². The first-order chi connectivity index (χ1) is 22.6. The largest absolute Gasteiger partial charge is 0.369 e. The number of hydrogen-bond acceptors (Lipinski definition) is 6. The number of amides is 2. The van der Waals surface area contributed by atoms with Crippen LogP contribution in [0.1, 0.15) is 80.6 Å². The first-order valence-corrected chi connectivity index (χ1v) is 18.1. The first kappa shape index (κ1) is 32.2. The van der Waals surface area contributed by atoms with Gasteiger partial charge in [0, 0.05) is 55.6 Å². The molecule has 8 heteroatoms. The topological polar surface area (TPSA) is 68.8 Å². The van der Waals surface area contributed by atoms with E-state index in [0.29, 0.717) is 17.2 Å². The fraction of sp³-hybridized carbons (Fsp3) is 0.447. The van der Waals surface area contributed by atoms with Crippen molar-refractivity contribution in [3.63, 3.8) is 0 Å². The van der Waals surface area contributed by atoms with Crippen LogP contribution in [0.4, 0.5) is 10.8 Å². The second-order valence-electron chi connectivity index (χ2n) is 12.7. The van der Waals surface area contributed by atoms with Gasteiger partial charge in [0.05, 0.1) is 0 Å². The van der Waals surface area contributed by atoms with Crippen molar-refractivity contribution in [2.75, 3.05) is 42.9 Å². The van der Waals surface area contributed by atoms with Gasteiger partial charge in [-0.15, -0.1) is 11.3 Å². The molecule has 2 aromatic carbocycles. The smallest absolute Gasteiger partial charge is 0.255 e. The SMILES string of the molecule is CCCCCCCCCN1CCN(c2ccc(-c3ccc4c(c3)C(=O)N(C(C(=O)Nc3nccs3)C3=CCCC=C3)C4)cc2)CC1. The minimum Gasteiger partial charge on any atom is -0.369 e. The first-order valence-electron chi connectivity index (χ1n) is 17.2. The van der Waals surface area contributed by atoms with E-state index in [1.807, 2.05) is 23.6 Å². The summed E-state index contributed by atoms with van der Waals surface area (Å²) in [6.07, 6.45) is 19.1. The fourth-order valence-electron chi connectivity index (χ4n) is 6.87. The number of fused-ring (bicyclic) bond motifs is 1. The van der Waals surface area contributed by atoms with E-state index in [0.717, 1.165) is 61.3 Å². The van der Waals surface area contributed by atoms with Crippen LogP contribution in [-0.2, 0) is 11.3 Å². The molecule has 3 heterocycles. The average molecular weight is 638 g/mol. The second kappa shape index (κ2) is 15.7. The molecule has 1 atom stereocenters. The molecule has 1 aliphatic carbocycles. The standard InChI is InChI=1S/C38H47N5O2S/c1-2-3-4-5-6-7-11-21-41-22-24-42(25-23-41)33-18-16-29(17-19-33)31-14-15-32-28-43(37(45)34(32)27-31)35(30-12-9-8-10-13-30)36(44)40-38-39-20-26-46-38/h9,12-20,26-27,35H,2-8,10-11,21-25,28H2,1H3,(H,39,40,44). The summed E-state index contributed by atoms with van der Waals surface area (Å²) in [5, 5.41) is 5.29. The molecule has 3 aromatic rings. The summed E-state index contributed by atoms with van der Waals surface area (Å²) in [4.78, 5) is 38.4. The van der Waals surface area contributed by atoms with E-state index >= 15 is 0 Å². The number of benzene rings is 2. The molecule has 0 radical (unpaired) electrons. The molecule has 0 bridgehead atoms. The van der Waals surface area contributed by atoms with Crippen molar-refractivity contribution < 1.29 is 9.59 Å². The minimum absolute atomic E-state index is 0.109. The van der Waals surface area contributed by atoms with Crippen LogP contribution in [0.15, 0.2) is 77.8 Å². The Kier molecular flexibility index (Phi) is 11.0. The number of unbranched alkanes of at least 4 members (excludes halogenated alkanes) is 6. The molecule has 2 aliphatic heterocycles. The molecule has 1 aromatic heterocycles. The third kappa shape index (κ3) is 7.78. The third-order valence-electron chi connectivity index (χ3n) is 9.52. The number of rotatable bonds is 14. The zero-order chi connectivity index (χ0) is 31.7. The Balaban J connectivity index is 1.06. The van der Waals surface area contributed by atoms with E-state index in [4.69, 9.17) is 0 Å². The number of hydrogen-bond donors (Lipinski definition) is 1. The van der Waals surface area contributed by atoms with Gasteiger partial charge in [0.2, 0.25) is 0 Å². The summed E-state index contributed by atoms with van der Waals surface area (Å²) >= 11 is 1.37. The zero-order valence-electron chi connectivity index (χ0n) is 27.1. The van der Waals surface area contributed by atoms with Crippen LogP contribution in [0.2, 0.25) is 0 Å². The number of nitrogens with one attached hydrogen (secondary N) is 1. The summed E-state index contributed by atoms with van der Waals surface area (Å²) in [6, 6.07) is 14.2. The van der Waals surface area contributed by atoms with E-state index in [9.17, 15) is 9.59 Å². The van der Waals surface area contributed by atoms with Crippen LogP contribution in [-0.4, -0.2) is 65.4 Å². The lowest BCUT2D eigenvalue weighted by Crippen LogP contribution is -2.46. The Labute approximate surface area is 278 Å². The average Bonchev–Trinajstić information content (AvgIpc) is 3.72. The molecule has 7 nitrogen and oxygen atoms in total. The van der Waals surface area contributed by atoms with Gasteiger partial charge in [-0.3, -0.25) is 19.8 Å². The normalized spacial score (nSPS) is 17.2. The lowest BCUT2D eigenvalue weighted by Gasteiger charge is -2.36. The van der Waals surface area contributed by atoms with Gasteiger partial charge in [0.15, 0.2) is 5.13 Å². The van der Waals surface area contributed by atoms with Crippen molar-refractivity contribution in [3.8, 4) is 11.1 Å². The van der Waals surface area contributed by atoms with Crippen molar-refractivity contribution in [3.05, 3.63) is 89.0 Å². The Morgan fingerprint density at radius 3 is 2.41 bits per heavy atom. The number of anilines is 2. The second-order valence-corrected chi connectivity index (χ2v) is 13.6. The molecule has 6 rings (SSSR count). The van der Waals surface area contributed by atoms with Gasteiger partial charge in [-0.05, 0) is 66.3 Å². The molecule has 1 unspecified atom stereocenters. The number of thiazole rings is 1. The Bertz CT molecular complexity index is 1520. The van der Waals surface area contributed by atoms with Crippen molar-refractivity contribution in [2.24, 2.45) is 0 Å². The minimum atomic E-state index is -0.709. The molecule has 1 fully saturated rings. The quantitative estimate of drug-likeness (QED) is 0.182. The summed E-state index contributed by atoms with van der Waals surface area (Å²) in [7, 11) is 0. The van der Waals surface area contributed by atoms with Crippen LogP contribution in [0.25, 0.3) is 11.1 Å². The number of piperazine rings is 1. The Morgan fingerprint density at radius 2 is 1.70 bits per heavy atom. The van der Waals surface area contributed by atoms with E-state index in [-0.39, 0.29) is 11.8 Å². The van der Waals surface area contributed by atoms with E-state index < -0.39 is 6.04 Å². The van der Waals surface area contributed by atoms with Crippen molar-refractivity contribution >= 4 is 34.0 Å². The molecular weight excluding hydrogens is 591 g/mol. The number of carbonyl (C=O) groups excluding carboxylic acids is 2. The maximum Gasteiger partial charge on any atom is 0.255 e. The lowest BCUT2D eigenvalue weighted by molar-refractivity contribution is -0.119. The number of allylic oxidation sites excluding steroid dienone is 2. The third-order valence-corrected chi connectivity index (χ3v) is 10.2. The van der Waals surface area contributed by atoms with Crippen molar-refractivity contribution in [1.82, 2.24) is 14.8 Å². The molecule has 0 saturated carbocycles. The number of nitrogens with zero attached hydrogens (tertiary/aromatic N) is 4. The molecule has 46 heavy (non-hydrogen) atoms. The van der Waals surface area contributed by atoms with Gasteiger partial charge in [0.25, 0.3) is 11.8 Å². The maximum absolute atomic E-state index is 13.9. The Morgan fingerprint density at radius 1 is 0.935 bits per heavy atom. The van der Waals surface area contributed by atoms with Crippen LogP contribution >= 0.6 is 11.3 Å². The van der Waals surface area contributed by atoms with Crippen LogP contribution < -0.4 is 10.2 Å². The van der Waals surface area contributed by atoms with Gasteiger partial charge in [0.1, 0.15) is 6.04 Å². The summed E-state index contributed by atoms with van der Waals surface area (Å²) in [6.45, 7) is 8.26. The van der Waals surface area contributed by atoms with E-state index in [1.54, 1.807) is 11.1 Å². The van der Waals surface area contributed by atoms with E-state index in [1.165, 1.54) is 68.5 Å². The van der Waals surface area contributed by atoms with Crippen LogP contribution in [0.3, 0.4) is 0 Å². The monoisotopic (exact) mass is 637 g/mol. The highest BCUT2D eigenvalue weighted by Gasteiger charge is 2.38. The highest BCUT2D eigenvalue weighted by Crippen LogP contribution is 2.33.